The summed E-state index contributed by atoms with van der Waals surface area (Å²) in [5, 5.41) is 2.66. The Bertz CT molecular complexity index is 463. The zero-order valence-electron chi connectivity index (χ0n) is 9.95. The van der Waals surface area contributed by atoms with E-state index in [2.05, 4.69) is 15.3 Å². The van der Waals surface area contributed by atoms with Crippen LogP contribution in [-0.2, 0) is 4.79 Å². The number of rotatable bonds is 4. The van der Waals surface area contributed by atoms with Gasteiger partial charge in [-0.1, -0.05) is 19.3 Å². The molecule has 17 heavy (non-hydrogen) atoms. The van der Waals surface area contributed by atoms with Crippen LogP contribution in [0.3, 0.4) is 0 Å². The number of nitrogens with one attached hydrogen (secondary N) is 2. The lowest BCUT2D eigenvalue weighted by molar-refractivity contribution is -0.116. The summed E-state index contributed by atoms with van der Waals surface area (Å²) >= 11 is 0. The molecule has 0 aliphatic heterocycles. The number of aromatic amines is 1. The van der Waals surface area contributed by atoms with Crippen LogP contribution in [0.4, 0.5) is 5.82 Å². The molecule has 0 spiro atoms. The minimum absolute atomic E-state index is 0.0607. The molecule has 2 N–H and O–H groups in total. The second kappa shape index (κ2) is 5.12. The van der Waals surface area contributed by atoms with E-state index in [-0.39, 0.29) is 5.91 Å². The topological polar surface area (TPSA) is 74.8 Å². The van der Waals surface area contributed by atoms with E-state index in [0.29, 0.717) is 17.9 Å². The van der Waals surface area contributed by atoms with Crippen LogP contribution in [0.15, 0.2) is 10.9 Å². The predicted molar refractivity (Wildman–Crippen MR) is 64.8 cm³/mol. The molecule has 5 heteroatoms. The maximum atomic E-state index is 11.6. The molecule has 0 unspecified atom stereocenters. The predicted octanol–water partition coefficient (Wildman–Crippen LogP) is 1.60. The summed E-state index contributed by atoms with van der Waals surface area (Å²) in [4.78, 5) is 28.9. The molecule has 0 radical (unpaired) electrons. The molecule has 0 aromatic carbocycles. The summed E-state index contributed by atoms with van der Waals surface area (Å²) < 4.78 is 0. The second-order valence-electron chi connectivity index (χ2n) is 4.64. The first-order chi connectivity index (χ1) is 8.13. The van der Waals surface area contributed by atoms with Crippen LogP contribution in [0, 0.1) is 12.8 Å². The van der Waals surface area contributed by atoms with Crippen molar-refractivity contribution in [3.63, 3.8) is 0 Å². The summed E-state index contributed by atoms with van der Waals surface area (Å²) in [6.45, 7) is 1.76. The molecule has 2 rings (SSSR count). The first-order valence-electron chi connectivity index (χ1n) is 6.01. The van der Waals surface area contributed by atoms with Crippen LogP contribution in [-0.4, -0.2) is 15.9 Å². The number of aromatic nitrogens is 2. The Kier molecular flexibility index (Phi) is 3.56. The summed E-state index contributed by atoms with van der Waals surface area (Å²) in [6.07, 6.45) is 5.23. The highest BCUT2D eigenvalue weighted by atomic mass is 16.2. The van der Waals surface area contributed by atoms with E-state index in [9.17, 15) is 9.59 Å². The van der Waals surface area contributed by atoms with E-state index in [0.717, 1.165) is 12.3 Å². The van der Waals surface area contributed by atoms with Crippen molar-refractivity contribution in [1.82, 2.24) is 9.97 Å². The maximum absolute atomic E-state index is 11.6. The van der Waals surface area contributed by atoms with E-state index in [1.165, 1.54) is 19.3 Å². The van der Waals surface area contributed by atoms with Gasteiger partial charge >= 0.3 is 5.69 Å². The number of aryl methyl sites for hydroxylation is 1. The van der Waals surface area contributed by atoms with Crippen LogP contribution in [0.2, 0.25) is 0 Å². The van der Waals surface area contributed by atoms with Gasteiger partial charge in [-0.15, -0.1) is 0 Å². The SMILES string of the molecule is Cc1cc(NC(=O)CCC2CCC2)nc(=O)[nH]1. The Morgan fingerprint density at radius 2 is 2.35 bits per heavy atom. The Balaban J connectivity index is 1.86. The van der Waals surface area contributed by atoms with Gasteiger partial charge in [0, 0.05) is 18.2 Å². The van der Waals surface area contributed by atoms with Crippen LogP contribution in [0.25, 0.3) is 0 Å². The van der Waals surface area contributed by atoms with Crippen LogP contribution >= 0.6 is 0 Å². The first-order valence-corrected chi connectivity index (χ1v) is 6.01. The van der Waals surface area contributed by atoms with E-state index in [1.54, 1.807) is 13.0 Å². The normalized spacial score (nSPS) is 15.4. The average molecular weight is 235 g/mol. The number of hydrogen-bond acceptors (Lipinski definition) is 3. The number of nitrogens with zero attached hydrogens (tertiary/aromatic N) is 1. The van der Waals surface area contributed by atoms with Gasteiger partial charge in [0.15, 0.2) is 0 Å². The standard InChI is InChI=1S/C12H17N3O2/c1-8-7-10(15-12(17)13-8)14-11(16)6-5-9-3-2-4-9/h7,9H,2-6H2,1H3,(H2,13,14,15,16,17). The maximum Gasteiger partial charge on any atom is 0.347 e. The Morgan fingerprint density at radius 1 is 1.59 bits per heavy atom. The third-order valence-electron chi connectivity index (χ3n) is 3.15. The van der Waals surface area contributed by atoms with Crippen molar-refractivity contribution >= 4 is 11.7 Å². The van der Waals surface area contributed by atoms with E-state index in [1.807, 2.05) is 0 Å². The number of carbonyl (C=O) groups excluding carboxylic acids is 1. The van der Waals surface area contributed by atoms with Gasteiger partial charge in [-0.05, 0) is 19.3 Å². The van der Waals surface area contributed by atoms with E-state index >= 15 is 0 Å². The molecule has 1 amide bonds. The highest BCUT2D eigenvalue weighted by Gasteiger charge is 2.18. The van der Waals surface area contributed by atoms with Crippen molar-refractivity contribution in [2.75, 3.05) is 5.32 Å². The number of amides is 1. The van der Waals surface area contributed by atoms with Gasteiger partial charge in [-0.3, -0.25) is 4.79 Å². The fourth-order valence-electron chi connectivity index (χ4n) is 1.97. The van der Waals surface area contributed by atoms with E-state index < -0.39 is 5.69 Å². The Labute approximate surface area is 99.7 Å². The van der Waals surface area contributed by atoms with E-state index in [4.69, 9.17) is 0 Å². The summed E-state index contributed by atoms with van der Waals surface area (Å²) in [5.74, 6) is 0.994. The first kappa shape index (κ1) is 11.8. The van der Waals surface area contributed by atoms with Crippen molar-refractivity contribution in [3.8, 4) is 0 Å². The highest BCUT2D eigenvalue weighted by molar-refractivity contribution is 5.89. The zero-order chi connectivity index (χ0) is 12.3. The van der Waals surface area contributed by atoms with Gasteiger partial charge < -0.3 is 10.3 Å². The van der Waals surface area contributed by atoms with Crippen molar-refractivity contribution in [2.24, 2.45) is 5.92 Å². The molecule has 92 valence electrons. The molecular weight excluding hydrogens is 218 g/mol. The lowest BCUT2D eigenvalue weighted by atomic mass is 9.82. The van der Waals surface area contributed by atoms with Crippen molar-refractivity contribution < 1.29 is 4.79 Å². The molecule has 1 saturated carbocycles. The smallest absolute Gasteiger partial charge is 0.310 e. The minimum atomic E-state index is -0.431. The molecule has 1 heterocycles. The van der Waals surface area contributed by atoms with Crippen molar-refractivity contribution in [2.45, 2.75) is 39.0 Å². The third kappa shape index (κ3) is 3.41. The van der Waals surface area contributed by atoms with Gasteiger partial charge in [0.05, 0.1) is 0 Å². The van der Waals surface area contributed by atoms with Crippen LogP contribution in [0.5, 0.6) is 0 Å². The molecule has 0 saturated heterocycles. The Morgan fingerprint density at radius 3 is 2.94 bits per heavy atom. The van der Waals surface area contributed by atoms with Crippen molar-refractivity contribution in [1.29, 1.82) is 0 Å². The summed E-state index contributed by atoms with van der Waals surface area (Å²) in [7, 11) is 0. The molecule has 1 aromatic rings. The molecule has 0 atom stereocenters. The van der Waals surface area contributed by atoms with Crippen LogP contribution in [0.1, 0.15) is 37.8 Å². The lowest BCUT2D eigenvalue weighted by Crippen LogP contribution is -2.20. The van der Waals surface area contributed by atoms with Gasteiger partial charge in [0.1, 0.15) is 5.82 Å². The molecule has 0 bridgehead atoms. The van der Waals surface area contributed by atoms with Crippen molar-refractivity contribution in [3.05, 3.63) is 22.2 Å². The molecule has 1 aliphatic rings. The van der Waals surface area contributed by atoms with Gasteiger partial charge in [0.2, 0.25) is 5.91 Å². The third-order valence-corrected chi connectivity index (χ3v) is 3.15. The quantitative estimate of drug-likeness (QED) is 0.832. The number of hydrogen-bond donors (Lipinski definition) is 2. The number of H-pyrrole nitrogens is 1. The highest BCUT2D eigenvalue weighted by Crippen LogP contribution is 2.30. The molecule has 1 aromatic heterocycles. The Hall–Kier alpha value is -1.65. The van der Waals surface area contributed by atoms with Gasteiger partial charge in [-0.2, -0.15) is 4.98 Å². The monoisotopic (exact) mass is 235 g/mol. The summed E-state index contributed by atoms with van der Waals surface area (Å²) in [5.41, 5.74) is 0.263. The van der Waals surface area contributed by atoms with Crippen LogP contribution < -0.4 is 11.0 Å². The minimum Gasteiger partial charge on any atom is -0.310 e. The zero-order valence-corrected chi connectivity index (χ0v) is 9.95. The number of carbonyl (C=O) groups is 1. The fourth-order valence-corrected chi connectivity index (χ4v) is 1.97. The molecule has 1 aliphatic carbocycles. The second-order valence-corrected chi connectivity index (χ2v) is 4.64. The lowest BCUT2D eigenvalue weighted by Gasteiger charge is -2.24. The molecular formula is C12H17N3O2. The molecule has 1 fully saturated rings. The molecule has 5 nitrogen and oxygen atoms in total. The largest absolute Gasteiger partial charge is 0.347 e. The summed E-state index contributed by atoms with van der Waals surface area (Å²) in [6, 6.07) is 1.66. The van der Waals surface area contributed by atoms with Gasteiger partial charge in [-0.25, -0.2) is 4.79 Å². The number of anilines is 1. The average Bonchev–Trinajstić information content (AvgIpc) is 2.12. The fraction of sp³-hybridized carbons (Fsp3) is 0.583. The van der Waals surface area contributed by atoms with Gasteiger partial charge in [0.25, 0.3) is 0 Å².